The molecule has 1 heterocycles. The highest BCUT2D eigenvalue weighted by molar-refractivity contribution is 5.80. The molecule has 1 fully saturated rings. The van der Waals surface area contributed by atoms with E-state index in [2.05, 4.69) is 47.3 Å². The number of hydrogen-bond acceptors (Lipinski definition) is 1. The monoisotopic (exact) mass is 242 g/mol. The van der Waals surface area contributed by atoms with Crippen LogP contribution < -0.4 is 5.32 Å². The van der Waals surface area contributed by atoms with E-state index in [0.717, 1.165) is 19.1 Å². The molecule has 1 aliphatic carbocycles. The Kier molecular flexibility index (Phi) is 3.37. The van der Waals surface area contributed by atoms with E-state index in [1.165, 1.54) is 42.1 Å². The summed E-state index contributed by atoms with van der Waals surface area (Å²) < 4.78 is 2.39. The summed E-state index contributed by atoms with van der Waals surface area (Å²) in [5.41, 5.74) is 2.80. The molecule has 0 unspecified atom stereocenters. The normalized spacial score (nSPS) is 15.4. The second-order valence-electron chi connectivity index (χ2n) is 5.41. The largest absolute Gasteiger partial charge is 0.347 e. The number of fused-ring (bicyclic) bond motifs is 1. The van der Waals surface area contributed by atoms with E-state index in [9.17, 15) is 0 Å². The number of nitrogens with zero attached hydrogens (tertiary/aromatic N) is 1. The molecule has 0 saturated heterocycles. The number of nitrogens with one attached hydrogen (secondary N) is 1. The van der Waals surface area contributed by atoms with Gasteiger partial charge in [-0.1, -0.05) is 25.5 Å². The van der Waals surface area contributed by atoms with E-state index in [-0.39, 0.29) is 0 Å². The Labute approximate surface area is 109 Å². The lowest BCUT2D eigenvalue weighted by Crippen LogP contribution is -2.15. The van der Waals surface area contributed by atoms with Crippen LogP contribution in [-0.4, -0.2) is 10.6 Å². The number of aromatic nitrogens is 1. The number of benzene rings is 1. The lowest BCUT2D eigenvalue weighted by molar-refractivity contribution is 0.649. The lowest BCUT2D eigenvalue weighted by Gasteiger charge is -2.07. The van der Waals surface area contributed by atoms with Crippen molar-refractivity contribution in [3.05, 3.63) is 36.0 Å². The summed E-state index contributed by atoms with van der Waals surface area (Å²) in [6.45, 7) is 4.40. The molecule has 3 rings (SSSR count). The molecule has 0 amide bonds. The standard InChI is InChI=1S/C16H22N2/c1-2-3-9-18-10-8-14-5-4-13(11-16(14)18)12-17-15-6-7-15/h4-5,8,10-11,15,17H,2-3,6-7,9,12H2,1H3. The Morgan fingerprint density at radius 2 is 2.17 bits per heavy atom. The minimum Gasteiger partial charge on any atom is -0.347 e. The summed E-state index contributed by atoms with van der Waals surface area (Å²) in [5.74, 6) is 0. The van der Waals surface area contributed by atoms with Crippen molar-refractivity contribution in [3.8, 4) is 0 Å². The van der Waals surface area contributed by atoms with Crippen LogP contribution in [0, 0.1) is 0 Å². The molecule has 1 aromatic carbocycles. The zero-order valence-electron chi connectivity index (χ0n) is 11.2. The molecule has 0 radical (unpaired) electrons. The summed E-state index contributed by atoms with van der Waals surface area (Å²) in [6.07, 6.45) is 7.44. The minimum absolute atomic E-state index is 0.785. The van der Waals surface area contributed by atoms with Gasteiger partial charge in [0.15, 0.2) is 0 Å². The molecule has 1 aliphatic rings. The average Bonchev–Trinajstić information content (AvgIpc) is 3.14. The second kappa shape index (κ2) is 5.15. The Morgan fingerprint density at radius 3 is 2.94 bits per heavy atom. The second-order valence-corrected chi connectivity index (χ2v) is 5.41. The van der Waals surface area contributed by atoms with Crippen molar-refractivity contribution in [2.75, 3.05) is 0 Å². The predicted molar refractivity (Wildman–Crippen MR) is 76.7 cm³/mol. The highest BCUT2D eigenvalue weighted by Crippen LogP contribution is 2.21. The minimum atomic E-state index is 0.785. The highest BCUT2D eigenvalue weighted by atomic mass is 15.0. The van der Waals surface area contributed by atoms with E-state index in [1.54, 1.807) is 0 Å². The Bertz CT molecular complexity index is 523. The van der Waals surface area contributed by atoms with Gasteiger partial charge >= 0.3 is 0 Å². The van der Waals surface area contributed by atoms with Gasteiger partial charge in [-0.3, -0.25) is 0 Å². The third-order valence-electron chi connectivity index (χ3n) is 3.76. The molecular formula is C16H22N2. The zero-order valence-corrected chi connectivity index (χ0v) is 11.2. The molecule has 2 aromatic rings. The van der Waals surface area contributed by atoms with Crippen molar-refractivity contribution in [2.24, 2.45) is 0 Å². The lowest BCUT2D eigenvalue weighted by atomic mass is 10.1. The fourth-order valence-electron chi connectivity index (χ4n) is 2.41. The van der Waals surface area contributed by atoms with Crippen molar-refractivity contribution in [1.29, 1.82) is 0 Å². The van der Waals surface area contributed by atoms with Gasteiger partial charge in [0.05, 0.1) is 0 Å². The van der Waals surface area contributed by atoms with Gasteiger partial charge < -0.3 is 9.88 Å². The zero-order chi connectivity index (χ0) is 12.4. The Hall–Kier alpha value is -1.28. The van der Waals surface area contributed by atoms with E-state index in [0.29, 0.717) is 0 Å². The van der Waals surface area contributed by atoms with Crippen LogP contribution in [0.2, 0.25) is 0 Å². The molecule has 2 heteroatoms. The molecule has 0 bridgehead atoms. The SMILES string of the molecule is CCCCn1ccc2ccc(CNC3CC3)cc21. The van der Waals surface area contributed by atoms with Crippen LogP contribution in [0.5, 0.6) is 0 Å². The molecule has 0 spiro atoms. The predicted octanol–water partition coefficient (Wildman–Crippen LogP) is 3.69. The van der Waals surface area contributed by atoms with Crippen LogP contribution in [0.4, 0.5) is 0 Å². The van der Waals surface area contributed by atoms with Crippen LogP contribution in [-0.2, 0) is 13.1 Å². The first-order valence-corrected chi connectivity index (χ1v) is 7.18. The van der Waals surface area contributed by atoms with Gasteiger partial charge in [-0.15, -0.1) is 0 Å². The van der Waals surface area contributed by atoms with E-state index in [4.69, 9.17) is 0 Å². The fraction of sp³-hybridized carbons (Fsp3) is 0.500. The van der Waals surface area contributed by atoms with Gasteiger partial charge in [-0.25, -0.2) is 0 Å². The molecule has 0 atom stereocenters. The smallest absolute Gasteiger partial charge is 0.0483 e. The van der Waals surface area contributed by atoms with Crippen molar-refractivity contribution < 1.29 is 0 Å². The van der Waals surface area contributed by atoms with Crippen LogP contribution >= 0.6 is 0 Å². The van der Waals surface area contributed by atoms with Crippen molar-refractivity contribution in [3.63, 3.8) is 0 Å². The first kappa shape index (κ1) is 11.8. The van der Waals surface area contributed by atoms with E-state index < -0.39 is 0 Å². The van der Waals surface area contributed by atoms with Gasteiger partial charge in [0, 0.05) is 30.8 Å². The number of aryl methyl sites for hydroxylation is 1. The third kappa shape index (κ3) is 2.59. The Balaban J connectivity index is 1.78. The number of hydrogen-bond donors (Lipinski definition) is 1. The van der Waals surface area contributed by atoms with Gasteiger partial charge in [0.25, 0.3) is 0 Å². The van der Waals surface area contributed by atoms with Crippen molar-refractivity contribution in [1.82, 2.24) is 9.88 Å². The van der Waals surface area contributed by atoms with Gasteiger partial charge in [-0.05, 0) is 42.3 Å². The maximum absolute atomic E-state index is 3.58. The maximum atomic E-state index is 3.58. The number of rotatable bonds is 6. The maximum Gasteiger partial charge on any atom is 0.0483 e. The topological polar surface area (TPSA) is 17.0 Å². The molecule has 0 aliphatic heterocycles. The van der Waals surface area contributed by atoms with Gasteiger partial charge in [0.2, 0.25) is 0 Å². The summed E-state index contributed by atoms with van der Waals surface area (Å²) in [4.78, 5) is 0. The molecular weight excluding hydrogens is 220 g/mol. The summed E-state index contributed by atoms with van der Waals surface area (Å²) in [7, 11) is 0. The quantitative estimate of drug-likeness (QED) is 0.817. The van der Waals surface area contributed by atoms with Crippen LogP contribution in [0.25, 0.3) is 10.9 Å². The Morgan fingerprint density at radius 1 is 1.28 bits per heavy atom. The highest BCUT2D eigenvalue weighted by Gasteiger charge is 2.19. The molecule has 1 N–H and O–H groups in total. The van der Waals surface area contributed by atoms with Gasteiger partial charge in [0.1, 0.15) is 0 Å². The molecule has 96 valence electrons. The van der Waals surface area contributed by atoms with E-state index in [1.807, 2.05) is 0 Å². The fourth-order valence-corrected chi connectivity index (χ4v) is 2.41. The van der Waals surface area contributed by atoms with Crippen LogP contribution in [0.15, 0.2) is 30.5 Å². The summed E-state index contributed by atoms with van der Waals surface area (Å²) in [5, 5.41) is 4.95. The van der Waals surface area contributed by atoms with Gasteiger partial charge in [-0.2, -0.15) is 0 Å². The summed E-state index contributed by atoms with van der Waals surface area (Å²) >= 11 is 0. The third-order valence-corrected chi connectivity index (χ3v) is 3.76. The number of unbranched alkanes of at least 4 members (excludes halogenated alkanes) is 1. The first-order valence-electron chi connectivity index (χ1n) is 7.18. The summed E-state index contributed by atoms with van der Waals surface area (Å²) in [6, 6.07) is 9.86. The molecule has 1 aromatic heterocycles. The van der Waals surface area contributed by atoms with Crippen molar-refractivity contribution >= 4 is 10.9 Å². The van der Waals surface area contributed by atoms with Crippen LogP contribution in [0.3, 0.4) is 0 Å². The first-order chi connectivity index (χ1) is 8.86. The molecule has 18 heavy (non-hydrogen) atoms. The molecule has 2 nitrogen and oxygen atoms in total. The van der Waals surface area contributed by atoms with Crippen LogP contribution in [0.1, 0.15) is 38.2 Å². The van der Waals surface area contributed by atoms with E-state index >= 15 is 0 Å². The molecule has 1 saturated carbocycles. The van der Waals surface area contributed by atoms with Crippen molar-refractivity contribution in [2.45, 2.75) is 51.7 Å². The average molecular weight is 242 g/mol.